The lowest BCUT2D eigenvalue weighted by Crippen LogP contribution is -2.13. The molecule has 2 rings (SSSR count). The van der Waals surface area contributed by atoms with Crippen LogP contribution in [0.3, 0.4) is 0 Å². The number of aryl methyl sites for hydroxylation is 1. The highest BCUT2D eigenvalue weighted by atomic mass is 79.9. The molecule has 2 N–H and O–H groups in total. The molecule has 1 unspecified atom stereocenters. The average Bonchev–Trinajstić information content (AvgIpc) is 2.48. The third kappa shape index (κ3) is 3.62. The SMILES string of the molecule is CCc1ccc(CC(N)c2ccc(OC)c(Br)c2)cc1. The molecule has 0 amide bonds. The first-order valence-corrected chi connectivity index (χ1v) is 7.60. The maximum absolute atomic E-state index is 6.30. The molecule has 2 aromatic rings. The van der Waals surface area contributed by atoms with E-state index in [9.17, 15) is 0 Å². The zero-order chi connectivity index (χ0) is 14.5. The smallest absolute Gasteiger partial charge is 0.133 e. The highest BCUT2D eigenvalue weighted by molar-refractivity contribution is 9.10. The van der Waals surface area contributed by atoms with Gasteiger partial charge in [0.1, 0.15) is 5.75 Å². The zero-order valence-corrected chi connectivity index (χ0v) is 13.5. The Hall–Kier alpha value is -1.32. The fourth-order valence-corrected chi connectivity index (χ4v) is 2.75. The van der Waals surface area contributed by atoms with Crippen LogP contribution in [0.25, 0.3) is 0 Å². The molecule has 20 heavy (non-hydrogen) atoms. The van der Waals surface area contributed by atoms with Crippen LogP contribution in [-0.4, -0.2) is 7.11 Å². The molecule has 2 aromatic carbocycles. The molecule has 0 saturated heterocycles. The van der Waals surface area contributed by atoms with Crippen LogP contribution >= 0.6 is 15.9 Å². The van der Waals surface area contributed by atoms with E-state index in [0.29, 0.717) is 0 Å². The molecule has 3 heteroatoms. The lowest BCUT2D eigenvalue weighted by atomic mass is 9.98. The van der Waals surface area contributed by atoms with E-state index in [4.69, 9.17) is 10.5 Å². The van der Waals surface area contributed by atoms with E-state index in [1.54, 1.807) is 7.11 Å². The topological polar surface area (TPSA) is 35.2 Å². The van der Waals surface area contributed by atoms with E-state index >= 15 is 0 Å². The summed E-state index contributed by atoms with van der Waals surface area (Å²) in [5.74, 6) is 0.827. The van der Waals surface area contributed by atoms with Crippen molar-refractivity contribution in [3.8, 4) is 5.75 Å². The molecular weight excluding hydrogens is 314 g/mol. The zero-order valence-electron chi connectivity index (χ0n) is 11.9. The Morgan fingerprint density at radius 3 is 2.30 bits per heavy atom. The minimum Gasteiger partial charge on any atom is -0.496 e. The lowest BCUT2D eigenvalue weighted by molar-refractivity contribution is 0.412. The predicted molar refractivity (Wildman–Crippen MR) is 87.1 cm³/mol. The Morgan fingerprint density at radius 1 is 1.10 bits per heavy atom. The van der Waals surface area contributed by atoms with Crippen molar-refractivity contribution in [2.75, 3.05) is 7.11 Å². The summed E-state index contributed by atoms with van der Waals surface area (Å²) in [6, 6.07) is 14.7. The summed E-state index contributed by atoms with van der Waals surface area (Å²) in [5, 5.41) is 0. The van der Waals surface area contributed by atoms with Gasteiger partial charge in [-0.1, -0.05) is 37.3 Å². The van der Waals surface area contributed by atoms with Crippen LogP contribution in [0.15, 0.2) is 46.9 Å². The number of ether oxygens (including phenoxy) is 1. The van der Waals surface area contributed by atoms with Crippen molar-refractivity contribution in [3.05, 3.63) is 63.6 Å². The molecule has 0 aliphatic carbocycles. The highest BCUT2D eigenvalue weighted by Gasteiger charge is 2.09. The number of hydrogen-bond acceptors (Lipinski definition) is 2. The first kappa shape index (κ1) is 15.1. The van der Waals surface area contributed by atoms with Gasteiger partial charge in [-0.2, -0.15) is 0 Å². The van der Waals surface area contributed by atoms with Gasteiger partial charge in [-0.15, -0.1) is 0 Å². The van der Waals surface area contributed by atoms with Crippen molar-refractivity contribution >= 4 is 15.9 Å². The number of rotatable bonds is 5. The fraction of sp³-hybridized carbons (Fsp3) is 0.294. The third-order valence-corrected chi connectivity index (χ3v) is 4.11. The summed E-state index contributed by atoms with van der Waals surface area (Å²) in [7, 11) is 1.66. The van der Waals surface area contributed by atoms with Crippen molar-refractivity contribution in [2.45, 2.75) is 25.8 Å². The molecule has 0 spiro atoms. The predicted octanol–water partition coefficient (Wildman–Crippen LogP) is 4.26. The van der Waals surface area contributed by atoms with Crippen LogP contribution in [0.1, 0.15) is 29.7 Å². The number of benzene rings is 2. The summed E-state index contributed by atoms with van der Waals surface area (Å²) in [5.41, 5.74) is 10.0. The maximum Gasteiger partial charge on any atom is 0.133 e. The van der Waals surface area contributed by atoms with Crippen LogP contribution in [0.4, 0.5) is 0 Å². The molecule has 2 nitrogen and oxygen atoms in total. The summed E-state index contributed by atoms with van der Waals surface area (Å²) < 4.78 is 6.17. The molecular formula is C17H20BrNO. The minimum atomic E-state index is -0.00955. The van der Waals surface area contributed by atoms with Gasteiger partial charge in [0, 0.05) is 6.04 Å². The van der Waals surface area contributed by atoms with Gasteiger partial charge in [0.2, 0.25) is 0 Å². The van der Waals surface area contributed by atoms with Crippen LogP contribution in [0.2, 0.25) is 0 Å². The highest BCUT2D eigenvalue weighted by Crippen LogP contribution is 2.28. The number of hydrogen-bond donors (Lipinski definition) is 1. The Morgan fingerprint density at radius 2 is 1.75 bits per heavy atom. The molecule has 0 heterocycles. The van der Waals surface area contributed by atoms with E-state index in [0.717, 1.165) is 28.6 Å². The van der Waals surface area contributed by atoms with Gasteiger partial charge in [-0.3, -0.25) is 0 Å². The molecule has 0 radical (unpaired) electrons. The van der Waals surface area contributed by atoms with Gasteiger partial charge in [-0.05, 0) is 57.6 Å². The van der Waals surface area contributed by atoms with Crippen molar-refractivity contribution in [1.29, 1.82) is 0 Å². The minimum absolute atomic E-state index is 0.00955. The number of methoxy groups -OCH3 is 1. The quantitative estimate of drug-likeness (QED) is 0.887. The molecule has 106 valence electrons. The van der Waals surface area contributed by atoms with Crippen molar-refractivity contribution < 1.29 is 4.74 Å². The van der Waals surface area contributed by atoms with Crippen LogP contribution in [-0.2, 0) is 12.8 Å². The Labute approximate surface area is 129 Å². The van der Waals surface area contributed by atoms with Crippen LogP contribution in [0.5, 0.6) is 5.75 Å². The summed E-state index contributed by atoms with van der Waals surface area (Å²) in [4.78, 5) is 0. The second kappa shape index (κ2) is 6.91. The average molecular weight is 334 g/mol. The standard InChI is InChI=1S/C17H20BrNO/c1-3-12-4-6-13(7-5-12)10-16(19)14-8-9-17(20-2)15(18)11-14/h4-9,11,16H,3,10,19H2,1-2H3. The molecule has 0 aliphatic heterocycles. The molecule has 1 atom stereocenters. The van der Waals surface area contributed by atoms with Gasteiger partial charge in [0.25, 0.3) is 0 Å². The van der Waals surface area contributed by atoms with Gasteiger partial charge < -0.3 is 10.5 Å². The van der Waals surface area contributed by atoms with E-state index in [1.807, 2.05) is 18.2 Å². The molecule has 0 saturated carbocycles. The fourth-order valence-electron chi connectivity index (χ4n) is 2.20. The molecule has 0 bridgehead atoms. The van der Waals surface area contributed by atoms with E-state index in [1.165, 1.54) is 11.1 Å². The maximum atomic E-state index is 6.30. The second-order valence-corrected chi connectivity index (χ2v) is 5.73. The van der Waals surface area contributed by atoms with E-state index in [-0.39, 0.29) is 6.04 Å². The molecule has 0 aliphatic rings. The van der Waals surface area contributed by atoms with Crippen molar-refractivity contribution in [1.82, 2.24) is 0 Å². The number of halogens is 1. The van der Waals surface area contributed by atoms with Crippen molar-refractivity contribution in [3.63, 3.8) is 0 Å². The van der Waals surface area contributed by atoms with Crippen LogP contribution < -0.4 is 10.5 Å². The monoisotopic (exact) mass is 333 g/mol. The van der Waals surface area contributed by atoms with Crippen molar-refractivity contribution in [2.24, 2.45) is 5.73 Å². The van der Waals surface area contributed by atoms with Gasteiger partial charge in [0.05, 0.1) is 11.6 Å². The summed E-state index contributed by atoms with van der Waals surface area (Å²) >= 11 is 3.50. The first-order valence-electron chi connectivity index (χ1n) is 6.81. The lowest BCUT2D eigenvalue weighted by Gasteiger charge is -2.14. The Bertz CT molecular complexity index is 566. The molecule has 0 aromatic heterocycles. The Kier molecular flexibility index (Phi) is 5.21. The van der Waals surface area contributed by atoms with Gasteiger partial charge in [0.15, 0.2) is 0 Å². The number of nitrogens with two attached hydrogens (primary N) is 1. The van der Waals surface area contributed by atoms with Crippen LogP contribution in [0, 0.1) is 0 Å². The normalized spacial score (nSPS) is 12.2. The van der Waals surface area contributed by atoms with E-state index < -0.39 is 0 Å². The van der Waals surface area contributed by atoms with Gasteiger partial charge in [-0.25, -0.2) is 0 Å². The Balaban J connectivity index is 2.10. The summed E-state index contributed by atoms with van der Waals surface area (Å²) in [6.07, 6.45) is 1.90. The summed E-state index contributed by atoms with van der Waals surface area (Å²) in [6.45, 7) is 2.16. The first-order chi connectivity index (χ1) is 9.63. The third-order valence-electron chi connectivity index (χ3n) is 3.49. The molecule has 0 fully saturated rings. The van der Waals surface area contributed by atoms with Gasteiger partial charge >= 0.3 is 0 Å². The van der Waals surface area contributed by atoms with E-state index in [2.05, 4.69) is 47.1 Å². The largest absolute Gasteiger partial charge is 0.496 e. The second-order valence-electron chi connectivity index (χ2n) is 4.87.